The molecule has 1 aliphatic carbocycles. The van der Waals surface area contributed by atoms with Crippen LogP contribution < -0.4 is 0 Å². The van der Waals surface area contributed by atoms with Crippen LogP contribution >= 0.6 is 7.37 Å². The number of ketones is 1. The first-order valence-corrected chi connectivity index (χ1v) is 12.1. The minimum Gasteiger partial charge on any atom is -0.393 e. The average Bonchev–Trinajstić information content (AvgIpc) is 2.80. The van der Waals surface area contributed by atoms with Crippen LogP contribution in [0.15, 0.2) is 24.3 Å². The highest BCUT2D eigenvalue weighted by Gasteiger charge is 2.39. The first-order chi connectivity index (χ1) is 12.6. The molecule has 0 heterocycles. The van der Waals surface area contributed by atoms with Gasteiger partial charge in [0.2, 0.25) is 0 Å². The van der Waals surface area contributed by atoms with E-state index in [9.17, 15) is 29.6 Å². The Kier molecular flexibility index (Phi) is 10.7. The maximum atomic E-state index is 12.2. The van der Waals surface area contributed by atoms with Gasteiger partial charge in [0.15, 0.2) is 7.37 Å². The fourth-order valence-corrected chi connectivity index (χ4v) is 4.14. The Morgan fingerprint density at radius 1 is 1.22 bits per heavy atom. The van der Waals surface area contributed by atoms with Gasteiger partial charge in [-0.1, -0.05) is 24.3 Å². The van der Waals surface area contributed by atoms with Gasteiger partial charge in [0.25, 0.3) is 0 Å². The second-order valence-electron chi connectivity index (χ2n) is 7.78. The number of carbonyl (C=O) groups excluding carboxylic acids is 1. The SMILES string of the molecule is CC(O)CCCC(O)/C=C/[C@H]1[C@H](O)CC(=O)[C@@H]1C/C=C\CCCP(C)(=O)O. The summed E-state index contributed by atoms with van der Waals surface area (Å²) >= 11 is 0. The van der Waals surface area contributed by atoms with Crippen LogP contribution in [-0.4, -0.2) is 57.1 Å². The van der Waals surface area contributed by atoms with Crippen molar-refractivity contribution in [2.75, 3.05) is 12.8 Å². The van der Waals surface area contributed by atoms with E-state index in [0.717, 1.165) is 0 Å². The predicted octanol–water partition coefficient (Wildman–Crippen LogP) is 2.65. The molecule has 1 aliphatic rings. The lowest BCUT2D eigenvalue weighted by Crippen LogP contribution is -2.18. The van der Waals surface area contributed by atoms with Gasteiger partial charge < -0.3 is 20.2 Å². The molecule has 0 bridgehead atoms. The van der Waals surface area contributed by atoms with Crippen molar-refractivity contribution in [1.82, 2.24) is 0 Å². The van der Waals surface area contributed by atoms with E-state index in [0.29, 0.717) is 38.5 Å². The lowest BCUT2D eigenvalue weighted by Gasteiger charge is -2.16. The molecule has 1 rings (SSSR count). The zero-order chi connectivity index (χ0) is 20.4. The van der Waals surface area contributed by atoms with Crippen LogP contribution in [0.4, 0.5) is 0 Å². The third kappa shape index (κ3) is 10.4. The first kappa shape index (κ1) is 24.3. The van der Waals surface area contributed by atoms with Gasteiger partial charge in [-0.05, 0) is 45.4 Å². The molecule has 0 radical (unpaired) electrons. The minimum absolute atomic E-state index is 0.0267. The molecule has 6 atom stereocenters. The molecule has 156 valence electrons. The highest BCUT2D eigenvalue weighted by Crippen LogP contribution is 2.36. The van der Waals surface area contributed by atoms with Crippen LogP contribution in [-0.2, 0) is 9.36 Å². The summed E-state index contributed by atoms with van der Waals surface area (Å²) in [5, 5.41) is 29.4. The molecule has 4 N–H and O–H groups in total. The van der Waals surface area contributed by atoms with Gasteiger partial charge in [0.1, 0.15) is 5.78 Å². The Labute approximate surface area is 162 Å². The van der Waals surface area contributed by atoms with Gasteiger partial charge in [0.05, 0.1) is 18.3 Å². The summed E-state index contributed by atoms with van der Waals surface area (Å²) in [7, 11) is -2.96. The average molecular weight is 402 g/mol. The van der Waals surface area contributed by atoms with Crippen LogP contribution in [0.2, 0.25) is 0 Å². The largest absolute Gasteiger partial charge is 0.393 e. The Morgan fingerprint density at radius 3 is 2.56 bits per heavy atom. The second-order valence-corrected chi connectivity index (χ2v) is 10.3. The Balaban J connectivity index is 2.48. The van der Waals surface area contributed by atoms with Crippen molar-refractivity contribution < 1.29 is 29.6 Å². The number of rotatable bonds is 12. The smallest absolute Gasteiger partial charge is 0.197 e. The van der Waals surface area contributed by atoms with Crippen LogP contribution in [0, 0.1) is 11.8 Å². The highest BCUT2D eigenvalue weighted by atomic mass is 31.2. The molecule has 0 amide bonds. The summed E-state index contributed by atoms with van der Waals surface area (Å²) in [6.45, 7) is 3.07. The maximum absolute atomic E-state index is 12.2. The summed E-state index contributed by atoms with van der Waals surface area (Å²) in [5.41, 5.74) is 0. The standard InChI is InChI=1S/C20H35O6P/c1-15(21)8-7-9-16(22)11-12-18-17(19(23)14-20(18)24)10-5-3-4-6-13-27(2,25)26/h3,5,11-12,15-18,20-22,24H,4,6-10,13-14H2,1-2H3,(H,25,26)/b5-3-,12-11+/t15?,16?,17-,18-,20-/m1/s1. The number of Topliss-reactive ketones (excluding diaryl/α,β-unsaturated/α-hetero) is 1. The van der Waals surface area contributed by atoms with Crippen molar-refractivity contribution in [3.8, 4) is 0 Å². The molecule has 27 heavy (non-hydrogen) atoms. The van der Waals surface area contributed by atoms with Gasteiger partial charge in [-0.3, -0.25) is 9.36 Å². The monoisotopic (exact) mass is 402 g/mol. The summed E-state index contributed by atoms with van der Waals surface area (Å²) < 4.78 is 11.2. The number of carbonyl (C=O) groups is 1. The molecular formula is C20H35O6P. The lowest BCUT2D eigenvalue weighted by atomic mass is 9.90. The fraction of sp³-hybridized carbons (Fsp3) is 0.750. The zero-order valence-electron chi connectivity index (χ0n) is 16.4. The van der Waals surface area contributed by atoms with Crippen molar-refractivity contribution in [2.45, 2.75) is 70.2 Å². The molecule has 3 unspecified atom stereocenters. The number of hydrogen-bond donors (Lipinski definition) is 4. The molecule has 0 aliphatic heterocycles. The number of aliphatic hydroxyl groups excluding tert-OH is 3. The predicted molar refractivity (Wildman–Crippen MR) is 107 cm³/mol. The lowest BCUT2D eigenvalue weighted by molar-refractivity contribution is -0.121. The molecule has 1 saturated carbocycles. The van der Waals surface area contributed by atoms with Crippen molar-refractivity contribution in [1.29, 1.82) is 0 Å². The van der Waals surface area contributed by atoms with Gasteiger partial charge in [-0.2, -0.15) is 0 Å². The molecule has 1 fully saturated rings. The summed E-state index contributed by atoms with van der Waals surface area (Å²) in [6, 6.07) is 0. The molecular weight excluding hydrogens is 367 g/mol. The molecule has 0 aromatic carbocycles. The van der Waals surface area contributed by atoms with Gasteiger partial charge in [-0.25, -0.2) is 0 Å². The maximum Gasteiger partial charge on any atom is 0.197 e. The van der Waals surface area contributed by atoms with Gasteiger partial charge in [0, 0.05) is 31.1 Å². The fourth-order valence-electron chi connectivity index (χ4n) is 3.37. The van der Waals surface area contributed by atoms with Crippen molar-refractivity contribution in [3.05, 3.63) is 24.3 Å². The normalized spacial score (nSPS) is 28.1. The Morgan fingerprint density at radius 2 is 1.93 bits per heavy atom. The van der Waals surface area contributed by atoms with Crippen molar-refractivity contribution in [2.24, 2.45) is 11.8 Å². The van der Waals surface area contributed by atoms with E-state index in [2.05, 4.69) is 0 Å². The number of hydrogen-bond acceptors (Lipinski definition) is 5. The van der Waals surface area contributed by atoms with Crippen LogP contribution in [0.5, 0.6) is 0 Å². The van der Waals surface area contributed by atoms with E-state index < -0.39 is 19.6 Å². The molecule has 0 aromatic rings. The summed E-state index contributed by atoms with van der Waals surface area (Å²) in [6.07, 6.45) is 9.59. The van der Waals surface area contributed by atoms with Gasteiger partial charge in [-0.15, -0.1) is 0 Å². The first-order valence-electron chi connectivity index (χ1n) is 9.79. The topological polar surface area (TPSA) is 115 Å². The van der Waals surface area contributed by atoms with E-state index >= 15 is 0 Å². The highest BCUT2D eigenvalue weighted by molar-refractivity contribution is 7.57. The van der Waals surface area contributed by atoms with E-state index in [1.807, 2.05) is 12.2 Å². The van der Waals surface area contributed by atoms with E-state index in [4.69, 9.17) is 0 Å². The number of aliphatic hydroxyl groups is 3. The molecule has 0 spiro atoms. The molecule has 7 heteroatoms. The number of allylic oxidation sites excluding steroid dienone is 2. The quantitative estimate of drug-likeness (QED) is 0.227. The third-order valence-corrected chi connectivity index (χ3v) is 6.06. The summed E-state index contributed by atoms with van der Waals surface area (Å²) in [5.74, 6) is -0.576. The Bertz CT molecular complexity index is 551. The van der Waals surface area contributed by atoms with Crippen LogP contribution in [0.1, 0.15) is 51.9 Å². The second kappa shape index (κ2) is 11.9. The molecule has 6 nitrogen and oxygen atoms in total. The summed E-state index contributed by atoms with van der Waals surface area (Å²) in [4.78, 5) is 21.4. The van der Waals surface area contributed by atoms with E-state index in [1.165, 1.54) is 6.66 Å². The number of unbranched alkanes of at least 4 members (excludes halogenated alkanes) is 1. The third-order valence-electron chi connectivity index (χ3n) is 4.91. The van der Waals surface area contributed by atoms with Crippen LogP contribution in [0.25, 0.3) is 0 Å². The van der Waals surface area contributed by atoms with Crippen molar-refractivity contribution >= 4 is 13.2 Å². The minimum atomic E-state index is -2.96. The Hall–Kier alpha value is -0.780. The van der Waals surface area contributed by atoms with Crippen molar-refractivity contribution in [3.63, 3.8) is 0 Å². The molecule has 0 aromatic heterocycles. The molecule has 0 saturated heterocycles. The van der Waals surface area contributed by atoms with E-state index in [1.54, 1.807) is 19.1 Å². The van der Waals surface area contributed by atoms with Gasteiger partial charge >= 0.3 is 0 Å². The zero-order valence-corrected chi connectivity index (χ0v) is 17.3. The van der Waals surface area contributed by atoms with Crippen LogP contribution in [0.3, 0.4) is 0 Å². The van der Waals surface area contributed by atoms with E-state index in [-0.39, 0.29) is 36.3 Å².